The third-order valence-corrected chi connectivity index (χ3v) is 8.17. The molecule has 0 spiro atoms. The van der Waals surface area contributed by atoms with E-state index < -0.39 is 0 Å². The van der Waals surface area contributed by atoms with E-state index in [2.05, 4.69) is 14.7 Å². The molecule has 230 valence electrons. The highest BCUT2D eigenvalue weighted by Crippen LogP contribution is 2.46. The number of halogens is 1. The van der Waals surface area contributed by atoms with Crippen molar-refractivity contribution in [2.45, 2.75) is 12.8 Å². The largest absolute Gasteiger partial charge is 0.507 e. The minimum atomic E-state index is -0.167. The van der Waals surface area contributed by atoms with Gasteiger partial charge in [0.25, 0.3) is 5.91 Å². The van der Waals surface area contributed by atoms with Crippen LogP contribution in [0.3, 0.4) is 0 Å². The number of rotatable bonds is 15. The summed E-state index contributed by atoms with van der Waals surface area (Å²) in [4.78, 5) is 25.4. The van der Waals surface area contributed by atoms with Gasteiger partial charge in [0.15, 0.2) is 0 Å². The van der Waals surface area contributed by atoms with E-state index in [1.54, 1.807) is 11.0 Å². The molecule has 1 aromatic heterocycles. The third kappa shape index (κ3) is 7.06. The molecule has 10 nitrogen and oxygen atoms in total. The number of aromatic amines is 1. The smallest absolute Gasteiger partial charge is 0.274 e. The van der Waals surface area contributed by atoms with Crippen LogP contribution in [0.4, 0.5) is 5.69 Å². The van der Waals surface area contributed by atoms with Crippen LogP contribution in [0, 0.1) is 6.92 Å². The molecular formula is C32H39ClN4O6. The van der Waals surface area contributed by atoms with E-state index in [1.807, 2.05) is 56.4 Å². The highest BCUT2D eigenvalue weighted by atomic mass is 35.5. The number of nitrogens with one attached hydrogen (secondary N) is 1. The Morgan fingerprint density at radius 2 is 1.84 bits per heavy atom. The third-order valence-electron chi connectivity index (χ3n) is 7.80. The molecule has 1 aliphatic rings. The van der Waals surface area contributed by atoms with Crippen molar-refractivity contribution >= 4 is 44.9 Å². The van der Waals surface area contributed by atoms with Gasteiger partial charge >= 0.3 is 0 Å². The summed E-state index contributed by atoms with van der Waals surface area (Å²) in [6.45, 7) is 6.93. The second-order valence-corrected chi connectivity index (χ2v) is 11.1. The standard InChI is InChI=1S/C32H39ClN4O6/c1-21-4-3-5-25-29(38)18-28-31(30(21)25)23(19-33)20-37(28)32(39)27-17-22-16-24(6-7-26(22)35-27)42-11-9-36(2)8-10-40-12-13-41-14-15-43-34/h3-7,16-18,23,35,38H,8-15,19-20,34H2,1-2H3/t23-/m1/s1. The quantitative estimate of drug-likeness (QED) is 0.102. The molecule has 4 aromatic rings. The summed E-state index contributed by atoms with van der Waals surface area (Å²) in [6, 6.07) is 15.1. The van der Waals surface area contributed by atoms with E-state index in [0.29, 0.717) is 63.4 Å². The van der Waals surface area contributed by atoms with Crippen molar-refractivity contribution in [3.8, 4) is 11.5 Å². The first kappa shape index (κ1) is 31.1. The Hall–Kier alpha value is -3.38. The SMILES string of the molecule is Cc1cccc2c(O)cc3c(c12)[C@H](CCl)CN3C(=O)c1cc2cc(OCCN(C)CCOCCOCCON)ccc2[nH]1. The Morgan fingerprint density at radius 1 is 1.07 bits per heavy atom. The van der Waals surface area contributed by atoms with Crippen LogP contribution >= 0.6 is 11.6 Å². The number of nitrogens with two attached hydrogens (primary N) is 1. The van der Waals surface area contributed by atoms with Crippen LogP contribution in [0.2, 0.25) is 0 Å². The van der Waals surface area contributed by atoms with Gasteiger partial charge in [-0.3, -0.25) is 4.79 Å². The molecule has 11 heteroatoms. The predicted molar refractivity (Wildman–Crippen MR) is 169 cm³/mol. The van der Waals surface area contributed by atoms with E-state index in [1.165, 1.54) is 0 Å². The Labute approximate surface area is 256 Å². The normalized spacial score (nSPS) is 14.7. The number of aromatic hydroxyl groups is 1. The number of benzene rings is 3. The molecule has 3 aromatic carbocycles. The number of carbonyl (C=O) groups excluding carboxylic acids is 1. The zero-order valence-electron chi connectivity index (χ0n) is 24.6. The van der Waals surface area contributed by atoms with Crippen molar-refractivity contribution in [2.75, 3.05) is 77.1 Å². The number of fused-ring (bicyclic) bond motifs is 4. The van der Waals surface area contributed by atoms with Gasteiger partial charge in [0.05, 0.1) is 38.7 Å². The lowest BCUT2D eigenvalue weighted by Crippen LogP contribution is -2.30. The number of anilines is 1. The lowest BCUT2D eigenvalue weighted by Gasteiger charge is -2.18. The van der Waals surface area contributed by atoms with Gasteiger partial charge in [-0.25, -0.2) is 5.90 Å². The first-order chi connectivity index (χ1) is 20.9. The Bertz CT molecular complexity index is 1560. The molecule has 1 amide bonds. The van der Waals surface area contributed by atoms with Crippen molar-refractivity contribution in [2.24, 2.45) is 5.90 Å². The van der Waals surface area contributed by atoms with Gasteiger partial charge in [-0.05, 0) is 54.8 Å². The summed E-state index contributed by atoms with van der Waals surface area (Å²) in [5.74, 6) is 6.01. The van der Waals surface area contributed by atoms with Crippen LogP contribution in [-0.2, 0) is 14.3 Å². The Balaban J connectivity index is 1.19. The number of phenolic OH excluding ortho intramolecular Hbond substituents is 1. The van der Waals surface area contributed by atoms with Gasteiger partial charge in [0.1, 0.15) is 23.8 Å². The average molecular weight is 611 g/mol. The molecule has 0 saturated heterocycles. The molecule has 2 heterocycles. The number of H-pyrrole nitrogens is 1. The highest BCUT2D eigenvalue weighted by Gasteiger charge is 2.35. The molecule has 0 bridgehead atoms. The maximum absolute atomic E-state index is 13.8. The molecule has 0 unspecified atom stereocenters. The Morgan fingerprint density at radius 3 is 2.63 bits per heavy atom. The maximum Gasteiger partial charge on any atom is 0.274 e. The summed E-state index contributed by atoms with van der Waals surface area (Å²) in [5.41, 5.74) is 4.08. The number of phenols is 1. The number of hydrogen-bond acceptors (Lipinski definition) is 8. The van der Waals surface area contributed by atoms with Gasteiger partial charge in [-0.2, -0.15) is 0 Å². The van der Waals surface area contributed by atoms with Gasteiger partial charge in [-0.1, -0.05) is 18.2 Å². The molecule has 1 atom stereocenters. The van der Waals surface area contributed by atoms with Crippen molar-refractivity contribution in [3.63, 3.8) is 0 Å². The van der Waals surface area contributed by atoms with Crippen molar-refractivity contribution in [3.05, 3.63) is 65.4 Å². The fourth-order valence-electron chi connectivity index (χ4n) is 5.56. The number of aryl methyl sites for hydroxylation is 1. The number of likely N-dealkylation sites (N-methyl/N-ethyl adjacent to an activating group) is 1. The minimum absolute atomic E-state index is 0.0325. The van der Waals surface area contributed by atoms with E-state index in [-0.39, 0.29) is 17.6 Å². The molecule has 0 radical (unpaired) electrons. The van der Waals surface area contributed by atoms with Crippen LogP contribution in [0.25, 0.3) is 21.7 Å². The molecule has 1 aliphatic heterocycles. The summed E-state index contributed by atoms with van der Waals surface area (Å²) in [5, 5.41) is 13.4. The monoisotopic (exact) mass is 610 g/mol. The van der Waals surface area contributed by atoms with E-state index in [0.717, 1.165) is 51.6 Å². The molecule has 5 rings (SSSR count). The maximum atomic E-state index is 13.8. The van der Waals surface area contributed by atoms with Crippen molar-refractivity contribution < 1.29 is 28.9 Å². The van der Waals surface area contributed by atoms with Crippen LogP contribution in [0.1, 0.15) is 27.5 Å². The number of aromatic nitrogens is 1. The first-order valence-electron chi connectivity index (χ1n) is 14.5. The summed E-state index contributed by atoms with van der Waals surface area (Å²) in [6.07, 6.45) is 0. The van der Waals surface area contributed by atoms with Crippen molar-refractivity contribution in [1.29, 1.82) is 0 Å². The molecule has 43 heavy (non-hydrogen) atoms. The molecular weight excluding hydrogens is 572 g/mol. The van der Waals surface area contributed by atoms with Crippen molar-refractivity contribution in [1.82, 2.24) is 9.88 Å². The van der Waals surface area contributed by atoms with Gasteiger partial charge in [-0.15, -0.1) is 11.6 Å². The summed E-state index contributed by atoms with van der Waals surface area (Å²) in [7, 11) is 2.02. The number of alkyl halides is 1. The topological polar surface area (TPSA) is 123 Å². The van der Waals surface area contributed by atoms with Crippen LogP contribution in [0.5, 0.6) is 11.5 Å². The molecule has 0 fully saturated rings. The van der Waals surface area contributed by atoms with Gasteiger partial charge in [0.2, 0.25) is 0 Å². The number of hydrogen-bond donors (Lipinski definition) is 3. The number of ether oxygens (including phenoxy) is 3. The second kappa shape index (κ2) is 14.4. The summed E-state index contributed by atoms with van der Waals surface area (Å²) < 4.78 is 16.9. The van der Waals surface area contributed by atoms with Gasteiger partial charge in [0, 0.05) is 53.8 Å². The number of carbonyl (C=O) groups is 1. The Kier molecular flexibility index (Phi) is 10.4. The van der Waals surface area contributed by atoms with E-state index in [4.69, 9.17) is 31.7 Å². The predicted octanol–water partition coefficient (Wildman–Crippen LogP) is 4.55. The lowest BCUT2D eigenvalue weighted by molar-refractivity contribution is 0.0109. The fraction of sp³-hybridized carbons (Fsp3) is 0.406. The molecule has 4 N–H and O–H groups in total. The van der Waals surface area contributed by atoms with Crippen LogP contribution < -0.4 is 15.5 Å². The minimum Gasteiger partial charge on any atom is -0.507 e. The summed E-state index contributed by atoms with van der Waals surface area (Å²) >= 11 is 6.40. The van der Waals surface area contributed by atoms with Crippen LogP contribution in [-0.4, -0.2) is 93.1 Å². The van der Waals surface area contributed by atoms with E-state index in [9.17, 15) is 9.90 Å². The lowest BCUT2D eigenvalue weighted by atomic mass is 9.92. The van der Waals surface area contributed by atoms with Crippen LogP contribution in [0.15, 0.2) is 48.5 Å². The second-order valence-electron chi connectivity index (χ2n) is 10.8. The zero-order chi connectivity index (χ0) is 30.3. The number of nitrogens with zero attached hydrogens (tertiary/aromatic N) is 2. The van der Waals surface area contributed by atoms with E-state index >= 15 is 0 Å². The molecule has 0 aliphatic carbocycles. The zero-order valence-corrected chi connectivity index (χ0v) is 25.4. The first-order valence-corrected chi connectivity index (χ1v) is 15.0. The highest BCUT2D eigenvalue weighted by molar-refractivity contribution is 6.19. The number of amides is 1. The van der Waals surface area contributed by atoms with Gasteiger partial charge < -0.3 is 38.9 Å². The molecule has 0 saturated carbocycles. The fourth-order valence-corrected chi connectivity index (χ4v) is 5.81. The average Bonchev–Trinajstić information content (AvgIpc) is 3.59.